The lowest BCUT2D eigenvalue weighted by Crippen LogP contribution is -2.33. The molecule has 0 saturated carbocycles. The van der Waals surface area contributed by atoms with Crippen LogP contribution >= 0.6 is 0 Å². The zero-order valence-corrected chi connectivity index (χ0v) is 26.9. The maximum absolute atomic E-state index is 12.3. The molecular weight excluding hydrogens is 522 g/mol. The molecule has 0 aliphatic heterocycles. The molecule has 2 rings (SSSR count). The van der Waals surface area contributed by atoms with Crippen LogP contribution in [0, 0.1) is 0 Å². The second-order valence-corrected chi connectivity index (χ2v) is 16.8. The van der Waals surface area contributed by atoms with Crippen LogP contribution in [0.15, 0.2) is 54.6 Å². The van der Waals surface area contributed by atoms with Crippen LogP contribution in [-0.2, 0) is 23.7 Å². The van der Waals surface area contributed by atoms with Gasteiger partial charge < -0.3 is 28.6 Å². The molecule has 0 radical (unpaired) electrons. The number of carbonyl (C=O) groups excluding carboxylic acids is 1. The Morgan fingerprint density at radius 2 is 1.62 bits per heavy atom. The Morgan fingerprint density at radius 3 is 2.15 bits per heavy atom. The van der Waals surface area contributed by atoms with Crippen molar-refractivity contribution < 1.29 is 28.5 Å². The highest BCUT2D eigenvalue weighted by Gasteiger charge is 2.34. The first-order valence-electron chi connectivity index (χ1n) is 13.8. The fourth-order valence-corrected chi connectivity index (χ4v) is 7.29. The summed E-state index contributed by atoms with van der Waals surface area (Å²) < 4.78 is 28.2. The van der Waals surface area contributed by atoms with E-state index in [1.54, 1.807) is 14.2 Å². The minimum atomic E-state index is -1.83. The maximum atomic E-state index is 12.3. The minimum Gasteiger partial charge on any atom is -0.497 e. The highest BCUT2D eigenvalue weighted by atomic mass is 28.3. The number of benzene rings is 2. The Kier molecular flexibility index (Phi) is 13.4. The van der Waals surface area contributed by atoms with Crippen LogP contribution in [0.3, 0.4) is 0 Å². The van der Waals surface area contributed by atoms with E-state index < -0.39 is 14.2 Å². The van der Waals surface area contributed by atoms with Gasteiger partial charge in [0.2, 0.25) is 0 Å². The second kappa shape index (κ2) is 16.0. The number of hydrogen-bond acceptors (Lipinski definition) is 7. The SMILES string of the molecule is C=C(C)C(CCC(OC(C)=O)c1ccc(OC)cc1C(c1ccc(N(C)C)cc1)[Si](C)(C)C)OCOCCOC. The number of carbonyl (C=O) groups is 1. The molecule has 0 saturated heterocycles. The first-order chi connectivity index (χ1) is 18.9. The molecule has 0 aliphatic rings. The molecule has 0 aliphatic carbocycles. The molecule has 0 bridgehead atoms. The summed E-state index contributed by atoms with van der Waals surface area (Å²) in [6, 6.07) is 14.9. The highest BCUT2D eigenvalue weighted by Crippen LogP contribution is 2.41. The fourth-order valence-electron chi connectivity index (χ4n) is 4.92. The van der Waals surface area contributed by atoms with E-state index in [-0.39, 0.29) is 24.4 Å². The van der Waals surface area contributed by atoms with Gasteiger partial charge in [0.15, 0.2) is 0 Å². The van der Waals surface area contributed by atoms with Gasteiger partial charge in [-0.2, -0.15) is 0 Å². The van der Waals surface area contributed by atoms with Crippen LogP contribution in [0.1, 0.15) is 55.0 Å². The number of ether oxygens (including phenoxy) is 5. The molecule has 3 atom stereocenters. The predicted molar refractivity (Wildman–Crippen MR) is 165 cm³/mol. The summed E-state index contributed by atoms with van der Waals surface area (Å²) in [6.45, 7) is 15.7. The van der Waals surface area contributed by atoms with E-state index in [2.05, 4.69) is 61.5 Å². The van der Waals surface area contributed by atoms with E-state index >= 15 is 0 Å². The molecule has 2 aromatic carbocycles. The third-order valence-corrected chi connectivity index (χ3v) is 9.27. The number of hydrogen-bond donors (Lipinski definition) is 0. The summed E-state index contributed by atoms with van der Waals surface area (Å²) in [5.41, 5.74) is 5.59. The maximum Gasteiger partial charge on any atom is 0.303 e. The summed E-state index contributed by atoms with van der Waals surface area (Å²) in [5.74, 6) is 0.465. The molecule has 8 heteroatoms. The molecule has 0 fully saturated rings. The molecule has 0 spiro atoms. The van der Waals surface area contributed by atoms with Gasteiger partial charge in [-0.15, -0.1) is 0 Å². The topological polar surface area (TPSA) is 66.5 Å². The normalized spacial score (nSPS) is 13.8. The number of nitrogens with zero attached hydrogens (tertiary/aromatic N) is 1. The quantitative estimate of drug-likeness (QED) is 0.0685. The number of rotatable bonds is 17. The summed E-state index contributed by atoms with van der Waals surface area (Å²) in [5, 5.41) is 0. The Labute approximate surface area is 242 Å². The van der Waals surface area contributed by atoms with Crippen LogP contribution in [0.2, 0.25) is 19.6 Å². The Bertz CT molecular complexity index is 1080. The monoisotopic (exact) mass is 571 g/mol. The molecule has 0 heterocycles. The van der Waals surface area contributed by atoms with Crippen LogP contribution in [0.4, 0.5) is 5.69 Å². The third kappa shape index (κ3) is 10.1. The zero-order chi connectivity index (χ0) is 29.9. The van der Waals surface area contributed by atoms with Gasteiger partial charge in [0.1, 0.15) is 18.6 Å². The molecule has 3 unspecified atom stereocenters. The lowest BCUT2D eigenvalue weighted by atomic mass is 9.92. The second-order valence-electron chi connectivity index (χ2n) is 11.5. The number of anilines is 1. The Balaban J connectivity index is 2.48. The molecular formula is C32H49NO6Si. The first-order valence-corrected chi connectivity index (χ1v) is 17.4. The van der Waals surface area contributed by atoms with Gasteiger partial charge in [-0.25, -0.2) is 0 Å². The summed E-state index contributed by atoms with van der Waals surface area (Å²) in [7, 11) is 5.57. The van der Waals surface area contributed by atoms with Gasteiger partial charge in [-0.05, 0) is 60.7 Å². The fraction of sp³-hybridized carbons (Fsp3) is 0.531. The van der Waals surface area contributed by atoms with Crippen molar-refractivity contribution in [3.8, 4) is 5.75 Å². The average Bonchev–Trinajstić information content (AvgIpc) is 2.88. The smallest absolute Gasteiger partial charge is 0.303 e. The van der Waals surface area contributed by atoms with E-state index in [0.717, 1.165) is 28.1 Å². The first kappa shape index (κ1) is 33.6. The van der Waals surface area contributed by atoms with Gasteiger partial charge in [-0.3, -0.25) is 4.79 Å². The molecule has 0 aromatic heterocycles. The van der Waals surface area contributed by atoms with E-state index in [1.807, 2.05) is 33.2 Å². The largest absolute Gasteiger partial charge is 0.497 e. The molecule has 7 nitrogen and oxygen atoms in total. The summed E-state index contributed by atoms with van der Waals surface area (Å²) in [6.07, 6.45) is 0.528. The zero-order valence-electron chi connectivity index (χ0n) is 25.9. The Morgan fingerprint density at radius 1 is 0.950 bits per heavy atom. The van der Waals surface area contributed by atoms with Gasteiger partial charge in [-0.1, -0.05) is 50.0 Å². The van der Waals surface area contributed by atoms with Crippen molar-refractivity contribution >= 4 is 19.7 Å². The lowest BCUT2D eigenvalue weighted by Gasteiger charge is -2.34. The minimum absolute atomic E-state index is 0.146. The molecule has 2 aromatic rings. The van der Waals surface area contributed by atoms with Crippen molar-refractivity contribution in [3.63, 3.8) is 0 Å². The standard InChI is InChI=1S/C32H49NO6Si/c1-23(2)30(38-22-37-20-19-35-6)17-18-31(39-24(3)34)28-16-15-27(36-7)21-29(28)32(40(8,9)10)25-11-13-26(14-12-25)33(4)5/h11-16,21,30-32H,1,17-20,22H2,2-10H3. The van der Waals surface area contributed by atoms with Crippen LogP contribution in [-0.4, -0.2) is 68.5 Å². The van der Waals surface area contributed by atoms with Crippen molar-refractivity contribution in [1.29, 1.82) is 0 Å². The predicted octanol–water partition coefficient (Wildman–Crippen LogP) is 6.74. The van der Waals surface area contributed by atoms with Gasteiger partial charge in [0, 0.05) is 39.4 Å². The van der Waals surface area contributed by atoms with E-state index in [4.69, 9.17) is 23.7 Å². The van der Waals surface area contributed by atoms with Crippen LogP contribution in [0.25, 0.3) is 0 Å². The van der Waals surface area contributed by atoms with Crippen molar-refractivity contribution in [2.24, 2.45) is 0 Å². The molecule has 0 N–H and O–H groups in total. The van der Waals surface area contributed by atoms with Crippen molar-refractivity contribution in [1.82, 2.24) is 0 Å². The Hall–Kier alpha value is -2.65. The van der Waals surface area contributed by atoms with Crippen molar-refractivity contribution in [2.75, 3.05) is 53.2 Å². The van der Waals surface area contributed by atoms with E-state index in [9.17, 15) is 4.79 Å². The van der Waals surface area contributed by atoms with Gasteiger partial charge in [0.25, 0.3) is 0 Å². The van der Waals surface area contributed by atoms with Gasteiger partial charge >= 0.3 is 5.97 Å². The van der Waals surface area contributed by atoms with E-state index in [1.165, 1.54) is 12.5 Å². The number of esters is 1. The third-order valence-electron chi connectivity index (χ3n) is 6.89. The van der Waals surface area contributed by atoms with Crippen LogP contribution in [0.5, 0.6) is 5.75 Å². The summed E-state index contributed by atoms with van der Waals surface area (Å²) >= 11 is 0. The van der Waals surface area contributed by atoms with Crippen molar-refractivity contribution in [3.05, 3.63) is 71.3 Å². The lowest BCUT2D eigenvalue weighted by molar-refractivity contribution is -0.147. The van der Waals surface area contributed by atoms with Gasteiger partial charge in [0.05, 0.1) is 34.5 Å². The van der Waals surface area contributed by atoms with Crippen molar-refractivity contribution in [2.45, 2.75) is 64.1 Å². The molecule has 0 amide bonds. The van der Waals surface area contributed by atoms with E-state index in [0.29, 0.717) is 26.1 Å². The molecule has 40 heavy (non-hydrogen) atoms. The summed E-state index contributed by atoms with van der Waals surface area (Å²) in [4.78, 5) is 14.4. The number of methoxy groups -OCH3 is 2. The average molecular weight is 572 g/mol. The van der Waals surface area contributed by atoms with Crippen LogP contribution < -0.4 is 9.64 Å². The molecule has 222 valence electrons. The highest BCUT2D eigenvalue weighted by molar-refractivity contribution is 6.78.